The van der Waals surface area contributed by atoms with E-state index in [1.165, 1.54) is 31.8 Å². The van der Waals surface area contributed by atoms with E-state index in [1.807, 2.05) is 0 Å². The highest BCUT2D eigenvalue weighted by Gasteiger charge is 2.42. The van der Waals surface area contributed by atoms with Crippen LogP contribution in [0.3, 0.4) is 0 Å². The van der Waals surface area contributed by atoms with E-state index < -0.39 is 25.5 Å². The molecule has 20 heavy (non-hydrogen) atoms. The lowest BCUT2D eigenvalue weighted by atomic mass is 9.95. The van der Waals surface area contributed by atoms with Crippen molar-refractivity contribution in [3.8, 4) is 0 Å². The van der Waals surface area contributed by atoms with E-state index in [9.17, 15) is 9.18 Å². The van der Waals surface area contributed by atoms with E-state index in [-0.39, 0.29) is 6.42 Å². The first-order chi connectivity index (χ1) is 9.28. The Morgan fingerprint density at radius 1 is 1.20 bits per heavy atom. The number of Topliss-reactive ketones (excluding diaryl/α,β-unsaturated/α-hetero) is 1. The minimum atomic E-state index is -1.80. The van der Waals surface area contributed by atoms with Gasteiger partial charge in [-0.05, 0) is 32.1 Å². The summed E-state index contributed by atoms with van der Waals surface area (Å²) in [7, 11) is -1.80. The maximum Gasteiger partial charge on any atom is 0.194 e. The van der Waals surface area contributed by atoms with Crippen LogP contribution in [0, 0.1) is 0 Å². The van der Waals surface area contributed by atoms with Gasteiger partial charge in [-0.3, -0.25) is 4.79 Å². The van der Waals surface area contributed by atoms with Gasteiger partial charge in [0.2, 0.25) is 0 Å². The highest BCUT2D eigenvalue weighted by Crippen LogP contribution is 2.36. The number of halogens is 1. The van der Waals surface area contributed by atoms with Gasteiger partial charge < -0.3 is 4.43 Å². The molecule has 0 bridgehead atoms. The number of ketones is 1. The van der Waals surface area contributed by atoms with Gasteiger partial charge >= 0.3 is 0 Å². The maximum absolute atomic E-state index is 13.5. The molecule has 0 saturated carbocycles. The van der Waals surface area contributed by atoms with Gasteiger partial charge in [0.1, 0.15) is 0 Å². The summed E-state index contributed by atoms with van der Waals surface area (Å²) in [5.41, 5.74) is -0.656. The van der Waals surface area contributed by atoms with Gasteiger partial charge in [-0.2, -0.15) is 0 Å². The SMILES string of the molecule is CCCCCCCCC1(O[Si](C)(C)C)C=C(F)C(=O)C1. The van der Waals surface area contributed by atoms with Gasteiger partial charge in [0, 0.05) is 6.42 Å². The molecule has 0 amide bonds. The van der Waals surface area contributed by atoms with Crippen LogP contribution in [-0.4, -0.2) is 19.7 Å². The summed E-state index contributed by atoms with van der Waals surface area (Å²) in [5, 5.41) is 0. The molecule has 1 rings (SSSR count). The third kappa shape index (κ3) is 5.88. The number of unbranched alkanes of at least 4 members (excludes halogenated alkanes) is 5. The predicted molar refractivity (Wildman–Crippen MR) is 84.0 cm³/mol. The second kappa shape index (κ2) is 7.50. The minimum absolute atomic E-state index is 0.193. The lowest BCUT2D eigenvalue weighted by Crippen LogP contribution is -2.40. The molecule has 1 unspecified atom stereocenters. The van der Waals surface area contributed by atoms with Crippen LogP contribution in [0.5, 0.6) is 0 Å². The van der Waals surface area contributed by atoms with Gasteiger partial charge in [0.05, 0.1) is 5.60 Å². The maximum atomic E-state index is 13.5. The average Bonchev–Trinajstić information content (AvgIpc) is 2.57. The number of carbonyl (C=O) groups excluding carboxylic acids is 1. The molecule has 0 aromatic heterocycles. The fourth-order valence-corrected chi connectivity index (χ4v) is 4.26. The summed E-state index contributed by atoms with van der Waals surface area (Å²) in [5.74, 6) is -0.997. The Kier molecular flexibility index (Phi) is 6.59. The smallest absolute Gasteiger partial charge is 0.194 e. The van der Waals surface area contributed by atoms with E-state index in [0.29, 0.717) is 0 Å². The van der Waals surface area contributed by atoms with Crippen LogP contribution < -0.4 is 0 Å². The number of hydrogen-bond donors (Lipinski definition) is 0. The second-order valence-corrected chi connectivity index (χ2v) is 11.3. The molecule has 0 spiro atoms. The molecule has 1 atom stereocenters. The molecule has 1 aliphatic carbocycles. The average molecular weight is 300 g/mol. The van der Waals surface area contributed by atoms with Crippen molar-refractivity contribution in [2.24, 2.45) is 0 Å². The molecule has 0 fully saturated rings. The first-order valence-electron chi connectivity index (χ1n) is 7.90. The third-order valence-electron chi connectivity index (χ3n) is 3.58. The largest absolute Gasteiger partial charge is 0.408 e. The van der Waals surface area contributed by atoms with Crippen LogP contribution in [-0.2, 0) is 9.22 Å². The molecule has 2 nitrogen and oxygen atoms in total. The van der Waals surface area contributed by atoms with Crippen LogP contribution >= 0.6 is 0 Å². The van der Waals surface area contributed by atoms with Gasteiger partial charge in [-0.15, -0.1) is 0 Å². The molecular formula is C16H29FO2Si. The standard InChI is InChI=1S/C16H29FO2Si/c1-5-6-7-8-9-10-11-16(19-20(2,3)4)12-14(17)15(18)13-16/h12H,5-11,13H2,1-4H3. The fourth-order valence-electron chi connectivity index (χ4n) is 2.81. The van der Waals surface area contributed by atoms with Crippen molar-refractivity contribution in [1.29, 1.82) is 0 Å². The Morgan fingerprint density at radius 3 is 2.30 bits per heavy atom. The second-order valence-electron chi connectivity index (χ2n) is 6.89. The Morgan fingerprint density at radius 2 is 1.80 bits per heavy atom. The first kappa shape index (κ1) is 17.6. The van der Waals surface area contributed by atoms with Crippen molar-refractivity contribution in [1.82, 2.24) is 0 Å². The van der Waals surface area contributed by atoms with Crippen molar-refractivity contribution >= 4 is 14.1 Å². The van der Waals surface area contributed by atoms with E-state index in [2.05, 4.69) is 26.6 Å². The van der Waals surface area contributed by atoms with E-state index in [0.717, 1.165) is 19.3 Å². The molecule has 0 radical (unpaired) electrons. The van der Waals surface area contributed by atoms with Crippen molar-refractivity contribution in [2.45, 2.75) is 83.5 Å². The molecule has 116 valence electrons. The number of allylic oxidation sites excluding steroid dienone is 1. The highest BCUT2D eigenvalue weighted by atomic mass is 28.4. The summed E-state index contributed by atoms with van der Waals surface area (Å²) >= 11 is 0. The molecule has 0 heterocycles. The van der Waals surface area contributed by atoms with Crippen molar-refractivity contribution in [3.63, 3.8) is 0 Å². The molecule has 4 heteroatoms. The van der Waals surface area contributed by atoms with Gasteiger partial charge in [-0.1, -0.05) is 45.4 Å². The summed E-state index contributed by atoms with van der Waals surface area (Å²) in [6.45, 7) is 8.47. The molecule has 0 aromatic rings. The van der Waals surface area contributed by atoms with Crippen LogP contribution in [0.4, 0.5) is 4.39 Å². The Balaban J connectivity index is 2.51. The summed E-state index contributed by atoms with van der Waals surface area (Å²) < 4.78 is 19.7. The molecule has 0 aliphatic heterocycles. The minimum Gasteiger partial charge on any atom is -0.408 e. The topological polar surface area (TPSA) is 26.3 Å². The monoisotopic (exact) mass is 300 g/mol. The van der Waals surface area contributed by atoms with Gasteiger partial charge in [0.15, 0.2) is 19.9 Å². The third-order valence-corrected chi connectivity index (χ3v) is 4.60. The van der Waals surface area contributed by atoms with Crippen molar-refractivity contribution in [2.75, 3.05) is 0 Å². The van der Waals surface area contributed by atoms with Crippen LogP contribution in [0.25, 0.3) is 0 Å². The Bertz CT molecular complexity index is 360. The lowest BCUT2D eigenvalue weighted by molar-refractivity contribution is -0.118. The van der Waals surface area contributed by atoms with Crippen LogP contribution in [0.15, 0.2) is 11.9 Å². The number of carbonyl (C=O) groups is 1. The fraction of sp³-hybridized carbons (Fsp3) is 0.812. The zero-order valence-electron chi connectivity index (χ0n) is 13.4. The van der Waals surface area contributed by atoms with Crippen molar-refractivity contribution < 1.29 is 13.6 Å². The number of hydrogen-bond acceptors (Lipinski definition) is 2. The Hall–Kier alpha value is -0.483. The summed E-state index contributed by atoms with van der Waals surface area (Å²) in [6, 6.07) is 0. The highest BCUT2D eigenvalue weighted by molar-refractivity contribution is 6.69. The van der Waals surface area contributed by atoms with Crippen LogP contribution in [0.2, 0.25) is 19.6 Å². The zero-order chi connectivity index (χ0) is 15.2. The molecule has 0 saturated heterocycles. The van der Waals surface area contributed by atoms with Gasteiger partial charge in [-0.25, -0.2) is 4.39 Å². The van der Waals surface area contributed by atoms with Crippen molar-refractivity contribution in [3.05, 3.63) is 11.9 Å². The molecular weight excluding hydrogens is 271 g/mol. The quantitative estimate of drug-likeness (QED) is 0.434. The van der Waals surface area contributed by atoms with Crippen LogP contribution in [0.1, 0.15) is 58.3 Å². The zero-order valence-corrected chi connectivity index (χ0v) is 14.4. The molecule has 0 N–H and O–H groups in total. The number of rotatable bonds is 9. The first-order valence-corrected chi connectivity index (χ1v) is 11.3. The predicted octanol–water partition coefficient (Wildman–Crippen LogP) is 5.15. The van der Waals surface area contributed by atoms with E-state index in [4.69, 9.17) is 4.43 Å². The van der Waals surface area contributed by atoms with E-state index in [1.54, 1.807) is 0 Å². The van der Waals surface area contributed by atoms with E-state index >= 15 is 0 Å². The Labute approximate surface area is 123 Å². The molecule has 0 aromatic carbocycles. The van der Waals surface area contributed by atoms with Gasteiger partial charge in [0.25, 0.3) is 0 Å². The summed E-state index contributed by atoms with van der Waals surface area (Å²) in [4.78, 5) is 11.5. The molecule has 1 aliphatic rings. The summed E-state index contributed by atoms with van der Waals surface area (Å²) in [6.07, 6.45) is 9.55. The normalized spacial score (nSPS) is 23.2. The lowest BCUT2D eigenvalue weighted by Gasteiger charge is -2.34.